The Hall–Kier alpha value is -1.75. The molecule has 2 aromatic rings. The van der Waals surface area contributed by atoms with Crippen molar-refractivity contribution in [2.75, 3.05) is 26.7 Å². The van der Waals surface area contributed by atoms with E-state index in [1.165, 1.54) is 4.88 Å². The molecule has 2 heterocycles. The van der Waals surface area contributed by atoms with E-state index in [0.29, 0.717) is 0 Å². The molecular weight excluding hydrogens is 294 g/mol. The van der Waals surface area contributed by atoms with Gasteiger partial charge >= 0.3 is 0 Å². The number of nitrogens with zero attached hydrogens (tertiary/aromatic N) is 2. The monoisotopic (exact) mass is 319 g/mol. The third kappa shape index (κ3) is 5.56. The van der Waals surface area contributed by atoms with Crippen molar-refractivity contribution in [1.82, 2.24) is 10.2 Å². The predicted molar refractivity (Wildman–Crippen MR) is 93.7 cm³/mol. The van der Waals surface area contributed by atoms with Crippen LogP contribution in [0.15, 0.2) is 45.3 Å². The third-order valence-corrected chi connectivity index (χ3v) is 4.29. The van der Waals surface area contributed by atoms with Crippen LogP contribution >= 0.6 is 11.3 Å². The van der Waals surface area contributed by atoms with Crippen LogP contribution in [0.25, 0.3) is 0 Å². The summed E-state index contributed by atoms with van der Waals surface area (Å²) in [6.45, 7) is 4.80. The lowest BCUT2D eigenvalue weighted by atomic mass is 10.3. The Morgan fingerprint density at radius 1 is 1.32 bits per heavy atom. The standard InChI is InChI=1S/C17H25N3OS/c1-3-10-18-17(19-11-8-15-6-4-13-21-15)20(2)12-9-16-7-5-14-22-16/h4-7,13-14H,3,8-12H2,1-2H3,(H,18,19). The topological polar surface area (TPSA) is 40.8 Å². The highest BCUT2D eigenvalue weighted by Crippen LogP contribution is 2.09. The van der Waals surface area contributed by atoms with Crippen LogP contribution in [0.1, 0.15) is 24.0 Å². The maximum atomic E-state index is 5.36. The smallest absolute Gasteiger partial charge is 0.193 e. The second kappa shape index (κ2) is 9.30. The molecule has 0 bridgehead atoms. The van der Waals surface area contributed by atoms with Crippen molar-refractivity contribution in [3.8, 4) is 0 Å². The summed E-state index contributed by atoms with van der Waals surface area (Å²) in [7, 11) is 2.10. The van der Waals surface area contributed by atoms with Crippen molar-refractivity contribution in [3.05, 3.63) is 46.5 Å². The van der Waals surface area contributed by atoms with E-state index in [-0.39, 0.29) is 0 Å². The maximum Gasteiger partial charge on any atom is 0.193 e. The Morgan fingerprint density at radius 3 is 2.91 bits per heavy atom. The molecule has 0 spiro atoms. The summed E-state index contributed by atoms with van der Waals surface area (Å²) in [5.41, 5.74) is 0. The second-order valence-electron chi connectivity index (χ2n) is 5.21. The molecular formula is C17H25N3OS. The van der Waals surface area contributed by atoms with Gasteiger partial charge in [0, 0.05) is 38.0 Å². The molecule has 0 unspecified atom stereocenters. The Balaban J connectivity index is 1.81. The van der Waals surface area contributed by atoms with E-state index >= 15 is 0 Å². The third-order valence-electron chi connectivity index (χ3n) is 3.36. The minimum atomic E-state index is 0.833. The summed E-state index contributed by atoms with van der Waals surface area (Å²) in [4.78, 5) is 8.29. The SMILES string of the molecule is CCCN=C(NCCc1ccco1)N(C)CCc1cccs1. The quantitative estimate of drug-likeness (QED) is 0.599. The molecule has 0 saturated carbocycles. The van der Waals surface area contributed by atoms with Gasteiger partial charge in [0.2, 0.25) is 0 Å². The van der Waals surface area contributed by atoms with Crippen LogP contribution in [0.5, 0.6) is 0 Å². The molecule has 0 aliphatic carbocycles. The Labute approximate surface area is 136 Å². The minimum absolute atomic E-state index is 0.833. The first kappa shape index (κ1) is 16.6. The number of hydrogen-bond donors (Lipinski definition) is 1. The van der Waals surface area contributed by atoms with Gasteiger partial charge < -0.3 is 14.6 Å². The van der Waals surface area contributed by atoms with Crippen molar-refractivity contribution < 1.29 is 4.42 Å². The molecule has 0 amide bonds. The van der Waals surface area contributed by atoms with Gasteiger partial charge in [0.25, 0.3) is 0 Å². The normalized spacial score (nSPS) is 11.6. The zero-order chi connectivity index (χ0) is 15.6. The zero-order valence-corrected chi connectivity index (χ0v) is 14.2. The molecule has 22 heavy (non-hydrogen) atoms. The van der Waals surface area contributed by atoms with Crippen molar-refractivity contribution in [3.63, 3.8) is 0 Å². The van der Waals surface area contributed by atoms with Gasteiger partial charge in [-0.2, -0.15) is 0 Å². The molecule has 0 atom stereocenters. The van der Waals surface area contributed by atoms with Crippen LogP contribution < -0.4 is 5.32 Å². The number of rotatable bonds is 8. The highest BCUT2D eigenvalue weighted by molar-refractivity contribution is 7.09. The van der Waals surface area contributed by atoms with Crippen LogP contribution in [-0.4, -0.2) is 37.5 Å². The molecule has 0 aliphatic rings. The highest BCUT2D eigenvalue weighted by Gasteiger charge is 2.07. The first-order chi connectivity index (χ1) is 10.8. The van der Waals surface area contributed by atoms with Crippen molar-refractivity contribution in [1.29, 1.82) is 0 Å². The number of likely N-dealkylation sites (N-methyl/N-ethyl adjacent to an activating group) is 1. The fourth-order valence-corrected chi connectivity index (χ4v) is 2.82. The Kier molecular flexibility index (Phi) is 7.03. The number of nitrogens with one attached hydrogen (secondary N) is 1. The van der Waals surface area contributed by atoms with E-state index in [2.05, 4.69) is 46.7 Å². The van der Waals surface area contributed by atoms with Crippen LogP contribution in [-0.2, 0) is 12.8 Å². The van der Waals surface area contributed by atoms with Crippen molar-refractivity contribution in [2.45, 2.75) is 26.2 Å². The number of furan rings is 1. The fraction of sp³-hybridized carbons (Fsp3) is 0.471. The van der Waals surface area contributed by atoms with Crippen LogP contribution in [0.4, 0.5) is 0 Å². The Bertz CT molecular complexity index is 534. The molecule has 2 rings (SSSR count). The molecule has 0 radical (unpaired) electrons. The summed E-state index contributed by atoms with van der Waals surface area (Å²) in [5.74, 6) is 1.98. The summed E-state index contributed by atoms with van der Waals surface area (Å²) in [6.07, 6.45) is 4.70. The van der Waals surface area contributed by atoms with Gasteiger partial charge in [-0.15, -0.1) is 11.3 Å². The van der Waals surface area contributed by atoms with E-state index < -0.39 is 0 Å². The van der Waals surface area contributed by atoms with Gasteiger partial charge in [-0.1, -0.05) is 13.0 Å². The fourth-order valence-electron chi connectivity index (χ4n) is 2.12. The van der Waals surface area contributed by atoms with Crippen LogP contribution in [0, 0.1) is 0 Å². The zero-order valence-electron chi connectivity index (χ0n) is 13.4. The van der Waals surface area contributed by atoms with Crippen molar-refractivity contribution in [2.24, 2.45) is 4.99 Å². The van der Waals surface area contributed by atoms with E-state index in [0.717, 1.165) is 50.6 Å². The van der Waals surface area contributed by atoms with Gasteiger partial charge in [0.1, 0.15) is 5.76 Å². The average molecular weight is 319 g/mol. The lowest BCUT2D eigenvalue weighted by Crippen LogP contribution is -2.41. The van der Waals surface area contributed by atoms with E-state index in [1.807, 2.05) is 23.5 Å². The predicted octanol–water partition coefficient (Wildman–Crippen LogP) is 3.41. The van der Waals surface area contributed by atoms with E-state index in [9.17, 15) is 0 Å². The molecule has 5 heteroatoms. The summed E-state index contributed by atoms with van der Waals surface area (Å²) >= 11 is 1.81. The number of aliphatic imine (C=N–C) groups is 1. The van der Waals surface area contributed by atoms with Crippen molar-refractivity contribution >= 4 is 17.3 Å². The molecule has 0 aliphatic heterocycles. The lowest BCUT2D eigenvalue weighted by Gasteiger charge is -2.22. The molecule has 4 nitrogen and oxygen atoms in total. The largest absolute Gasteiger partial charge is 0.469 e. The number of hydrogen-bond acceptors (Lipinski definition) is 3. The average Bonchev–Trinajstić information content (AvgIpc) is 3.21. The van der Waals surface area contributed by atoms with Gasteiger partial charge in [0.15, 0.2) is 5.96 Å². The highest BCUT2D eigenvalue weighted by atomic mass is 32.1. The molecule has 120 valence electrons. The molecule has 0 saturated heterocycles. The van der Waals surface area contributed by atoms with Gasteiger partial charge in [0.05, 0.1) is 6.26 Å². The number of guanidine groups is 1. The summed E-state index contributed by atoms with van der Waals surface area (Å²) < 4.78 is 5.36. The molecule has 1 N–H and O–H groups in total. The first-order valence-corrected chi connectivity index (χ1v) is 8.71. The molecule has 0 fully saturated rings. The first-order valence-electron chi connectivity index (χ1n) is 7.83. The molecule has 2 aromatic heterocycles. The second-order valence-corrected chi connectivity index (χ2v) is 6.24. The lowest BCUT2D eigenvalue weighted by molar-refractivity contribution is 0.476. The summed E-state index contributed by atoms with van der Waals surface area (Å²) in [6, 6.07) is 8.22. The van der Waals surface area contributed by atoms with Crippen LogP contribution in [0.2, 0.25) is 0 Å². The Morgan fingerprint density at radius 2 is 2.23 bits per heavy atom. The van der Waals surface area contributed by atoms with Crippen LogP contribution in [0.3, 0.4) is 0 Å². The van der Waals surface area contributed by atoms with Gasteiger partial charge in [-0.05, 0) is 36.4 Å². The van der Waals surface area contributed by atoms with Gasteiger partial charge in [-0.3, -0.25) is 4.99 Å². The summed E-state index contributed by atoms with van der Waals surface area (Å²) in [5, 5.41) is 5.57. The maximum absolute atomic E-state index is 5.36. The van der Waals surface area contributed by atoms with E-state index in [1.54, 1.807) is 6.26 Å². The number of thiophene rings is 1. The van der Waals surface area contributed by atoms with E-state index in [4.69, 9.17) is 4.42 Å². The molecule has 0 aromatic carbocycles. The minimum Gasteiger partial charge on any atom is -0.469 e. The van der Waals surface area contributed by atoms with Gasteiger partial charge in [-0.25, -0.2) is 0 Å².